The first-order valence-electron chi connectivity index (χ1n) is 8.99. The zero-order valence-electron chi connectivity index (χ0n) is 15.1. The van der Waals surface area contributed by atoms with Crippen molar-refractivity contribution in [2.75, 3.05) is 5.75 Å². The van der Waals surface area contributed by atoms with Gasteiger partial charge in [0.25, 0.3) is 0 Å². The maximum Gasteiger partial charge on any atom is 0.230 e. The minimum atomic E-state index is -0.0659. The lowest BCUT2D eigenvalue weighted by Crippen LogP contribution is -2.31. The van der Waals surface area contributed by atoms with Gasteiger partial charge in [0.15, 0.2) is 0 Å². The van der Waals surface area contributed by atoms with Crippen LogP contribution < -0.4 is 5.32 Å². The van der Waals surface area contributed by atoms with Crippen molar-refractivity contribution in [1.82, 2.24) is 15.3 Å². The van der Waals surface area contributed by atoms with Crippen LogP contribution in [0.5, 0.6) is 0 Å². The molecule has 28 heavy (non-hydrogen) atoms. The van der Waals surface area contributed by atoms with E-state index in [0.717, 1.165) is 27.2 Å². The maximum absolute atomic E-state index is 12.7. The SMILES string of the molecule is O=C(CSc1ncnc2ccsc12)NC(Cc1ccccc1)c1ccccc1. The predicted molar refractivity (Wildman–Crippen MR) is 116 cm³/mol. The highest BCUT2D eigenvalue weighted by atomic mass is 32.2. The Bertz CT molecular complexity index is 1050. The number of nitrogens with one attached hydrogen (secondary N) is 1. The summed E-state index contributed by atoms with van der Waals surface area (Å²) in [5.74, 6) is 0.320. The number of benzene rings is 2. The van der Waals surface area contributed by atoms with Crippen molar-refractivity contribution in [2.45, 2.75) is 17.5 Å². The molecule has 1 N–H and O–H groups in total. The van der Waals surface area contributed by atoms with Gasteiger partial charge in [-0.1, -0.05) is 72.4 Å². The molecule has 4 nitrogen and oxygen atoms in total. The predicted octanol–water partition coefficient (Wildman–Crippen LogP) is 4.88. The third kappa shape index (κ3) is 4.58. The normalized spacial score (nSPS) is 12.0. The number of fused-ring (bicyclic) bond motifs is 1. The van der Waals surface area contributed by atoms with E-state index < -0.39 is 0 Å². The topological polar surface area (TPSA) is 54.9 Å². The molecule has 0 saturated heterocycles. The molecule has 0 aliphatic heterocycles. The van der Waals surface area contributed by atoms with Gasteiger partial charge in [0.2, 0.25) is 5.91 Å². The summed E-state index contributed by atoms with van der Waals surface area (Å²) in [6, 6.07) is 22.2. The Morgan fingerprint density at radius 2 is 1.75 bits per heavy atom. The Balaban J connectivity index is 1.45. The third-order valence-electron chi connectivity index (χ3n) is 4.37. The van der Waals surface area contributed by atoms with Gasteiger partial charge in [0, 0.05) is 0 Å². The number of thioether (sulfide) groups is 1. The summed E-state index contributed by atoms with van der Waals surface area (Å²) in [4.78, 5) is 21.3. The van der Waals surface area contributed by atoms with Crippen LogP contribution in [0.3, 0.4) is 0 Å². The van der Waals surface area contributed by atoms with Crippen LogP contribution in [0.1, 0.15) is 17.2 Å². The molecule has 4 rings (SSSR count). The minimum absolute atomic E-state index is 0.00176. The number of amides is 1. The number of carbonyl (C=O) groups is 1. The van der Waals surface area contributed by atoms with E-state index in [1.54, 1.807) is 17.7 Å². The van der Waals surface area contributed by atoms with Crippen molar-refractivity contribution in [2.24, 2.45) is 0 Å². The molecule has 1 unspecified atom stereocenters. The average molecular weight is 406 g/mol. The number of aromatic nitrogens is 2. The lowest BCUT2D eigenvalue weighted by Gasteiger charge is -2.19. The van der Waals surface area contributed by atoms with E-state index in [9.17, 15) is 4.79 Å². The molecule has 4 aromatic rings. The molecule has 0 fully saturated rings. The minimum Gasteiger partial charge on any atom is -0.348 e. The van der Waals surface area contributed by atoms with Crippen molar-refractivity contribution >= 4 is 39.2 Å². The average Bonchev–Trinajstić information content (AvgIpc) is 3.23. The monoisotopic (exact) mass is 405 g/mol. The Kier molecular flexibility index (Phi) is 5.99. The van der Waals surface area contributed by atoms with Crippen LogP contribution in [0.15, 0.2) is 83.5 Å². The number of hydrogen-bond acceptors (Lipinski definition) is 5. The fourth-order valence-corrected chi connectivity index (χ4v) is 4.78. The van der Waals surface area contributed by atoms with Crippen molar-refractivity contribution in [3.8, 4) is 0 Å². The molecule has 0 aliphatic rings. The standard InChI is InChI=1S/C22H19N3OS2/c26-20(14-28-22-21-18(11-12-27-21)23-15-24-22)25-19(17-9-5-2-6-10-17)13-16-7-3-1-4-8-16/h1-12,15,19H,13-14H2,(H,25,26). The molecular weight excluding hydrogens is 386 g/mol. The molecule has 2 aromatic heterocycles. The van der Waals surface area contributed by atoms with Crippen LogP contribution in [0.25, 0.3) is 10.2 Å². The molecule has 0 bridgehead atoms. The van der Waals surface area contributed by atoms with E-state index in [4.69, 9.17) is 0 Å². The number of hydrogen-bond donors (Lipinski definition) is 1. The number of carbonyl (C=O) groups excluding carboxylic acids is 1. The zero-order chi connectivity index (χ0) is 19.2. The molecule has 0 aliphatic carbocycles. The lowest BCUT2D eigenvalue weighted by molar-refractivity contribution is -0.119. The second-order valence-electron chi connectivity index (χ2n) is 6.32. The summed E-state index contributed by atoms with van der Waals surface area (Å²) in [7, 11) is 0. The van der Waals surface area contributed by atoms with E-state index in [-0.39, 0.29) is 11.9 Å². The maximum atomic E-state index is 12.7. The van der Waals surface area contributed by atoms with Crippen LogP contribution in [0, 0.1) is 0 Å². The van der Waals surface area contributed by atoms with Gasteiger partial charge in [0.05, 0.1) is 22.0 Å². The van der Waals surface area contributed by atoms with Crippen LogP contribution >= 0.6 is 23.1 Å². The van der Waals surface area contributed by atoms with Gasteiger partial charge in [-0.2, -0.15) is 0 Å². The summed E-state index contributed by atoms with van der Waals surface area (Å²) < 4.78 is 1.03. The first-order chi connectivity index (χ1) is 13.8. The number of nitrogens with zero attached hydrogens (tertiary/aromatic N) is 2. The fraction of sp³-hybridized carbons (Fsp3) is 0.136. The summed E-state index contributed by atoms with van der Waals surface area (Å²) in [6.45, 7) is 0. The van der Waals surface area contributed by atoms with E-state index in [1.807, 2.05) is 47.8 Å². The highest BCUT2D eigenvalue weighted by Crippen LogP contribution is 2.28. The molecule has 2 heterocycles. The third-order valence-corrected chi connectivity index (χ3v) is 6.40. The molecular formula is C22H19N3OS2. The fourth-order valence-electron chi connectivity index (χ4n) is 3.03. The Labute approximate surface area is 172 Å². The van der Waals surface area contributed by atoms with Gasteiger partial charge in [-0.3, -0.25) is 4.79 Å². The molecule has 140 valence electrons. The van der Waals surface area contributed by atoms with Crippen molar-refractivity contribution < 1.29 is 4.79 Å². The van der Waals surface area contributed by atoms with Gasteiger partial charge in [-0.25, -0.2) is 9.97 Å². The van der Waals surface area contributed by atoms with Crippen molar-refractivity contribution in [3.63, 3.8) is 0 Å². The number of thiophene rings is 1. The van der Waals surface area contributed by atoms with Gasteiger partial charge < -0.3 is 5.32 Å². The largest absolute Gasteiger partial charge is 0.348 e. The van der Waals surface area contributed by atoms with Crippen molar-refractivity contribution in [3.05, 3.63) is 89.6 Å². The lowest BCUT2D eigenvalue weighted by atomic mass is 9.99. The summed E-state index contributed by atoms with van der Waals surface area (Å²) in [5, 5.41) is 6.04. The quantitative estimate of drug-likeness (QED) is 0.352. The molecule has 0 spiro atoms. The van der Waals surface area contributed by atoms with Gasteiger partial charge in [0.1, 0.15) is 11.4 Å². The smallest absolute Gasteiger partial charge is 0.230 e. The highest BCUT2D eigenvalue weighted by Gasteiger charge is 2.16. The highest BCUT2D eigenvalue weighted by molar-refractivity contribution is 8.00. The molecule has 1 atom stereocenters. The number of rotatable bonds is 7. The Morgan fingerprint density at radius 3 is 2.54 bits per heavy atom. The van der Waals surface area contributed by atoms with Crippen LogP contribution in [-0.4, -0.2) is 21.6 Å². The van der Waals surface area contributed by atoms with E-state index in [1.165, 1.54) is 17.3 Å². The van der Waals surface area contributed by atoms with E-state index in [2.05, 4.69) is 39.6 Å². The van der Waals surface area contributed by atoms with E-state index in [0.29, 0.717) is 5.75 Å². The van der Waals surface area contributed by atoms with Crippen LogP contribution in [0.4, 0.5) is 0 Å². The molecule has 1 amide bonds. The summed E-state index contributed by atoms with van der Waals surface area (Å²) in [6.07, 6.45) is 2.31. The molecule has 0 saturated carbocycles. The Morgan fingerprint density at radius 1 is 1.00 bits per heavy atom. The Hall–Kier alpha value is -2.70. The van der Waals surface area contributed by atoms with Crippen LogP contribution in [-0.2, 0) is 11.2 Å². The van der Waals surface area contributed by atoms with Crippen LogP contribution in [0.2, 0.25) is 0 Å². The van der Waals surface area contributed by atoms with Gasteiger partial charge in [-0.05, 0) is 29.0 Å². The van der Waals surface area contributed by atoms with Gasteiger partial charge >= 0.3 is 0 Å². The first-order valence-corrected chi connectivity index (χ1v) is 10.9. The molecule has 2 aromatic carbocycles. The second kappa shape index (κ2) is 8.99. The zero-order valence-corrected chi connectivity index (χ0v) is 16.7. The van der Waals surface area contributed by atoms with E-state index >= 15 is 0 Å². The molecule has 6 heteroatoms. The van der Waals surface area contributed by atoms with Gasteiger partial charge in [-0.15, -0.1) is 11.3 Å². The molecule has 0 radical (unpaired) electrons. The van der Waals surface area contributed by atoms with Crippen molar-refractivity contribution in [1.29, 1.82) is 0 Å². The first kappa shape index (κ1) is 18.7. The summed E-state index contributed by atoms with van der Waals surface area (Å²) >= 11 is 3.05. The summed E-state index contributed by atoms with van der Waals surface area (Å²) in [5.41, 5.74) is 3.22. The second-order valence-corrected chi connectivity index (χ2v) is 8.20.